The van der Waals surface area contributed by atoms with Crippen molar-refractivity contribution < 1.29 is 28.6 Å². The predicted octanol–water partition coefficient (Wildman–Crippen LogP) is -0.480. The third kappa shape index (κ3) is 5.10. The molecule has 0 saturated heterocycles. The lowest BCUT2D eigenvalue weighted by atomic mass is 10.7. The van der Waals surface area contributed by atoms with Gasteiger partial charge in [-0.2, -0.15) is 0 Å². The molecule has 0 aliphatic rings. The van der Waals surface area contributed by atoms with Gasteiger partial charge in [0, 0.05) is 19.0 Å². The van der Waals surface area contributed by atoms with Gasteiger partial charge in [0.15, 0.2) is 6.61 Å². The number of hydrogen-bond donors (Lipinski definition) is 1. The number of nitrogens with zero attached hydrogens (tertiary/aromatic N) is 3. The second kappa shape index (κ2) is 6.62. The second-order valence-electron chi connectivity index (χ2n) is 2.68. The van der Waals surface area contributed by atoms with Gasteiger partial charge in [-0.1, -0.05) is 0 Å². The highest BCUT2D eigenvalue weighted by Crippen LogP contribution is 2.00. The molecular weight excluding hydrogens is 258 g/mol. The van der Waals surface area contributed by atoms with E-state index in [1.807, 2.05) is 0 Å². The minimum Gasteiger partial charge on any atom is -0.464 e. The molecule has 0 heterocycles. The van der Waals surface area contributed by atoms with Gasteiger partial charge in [0.25, 0.3) is 0 Å². The molecule has 1 N–H and O–H groups in total. The van der Waals surface area contributed by atoms with Crippen LogP contribution in [0.4, 0.5) is 9.59 Å². The third-order valence-electron chi connectivity index (χ3n) is 1.49. The molecule has 11 heteroatoms. The Morgan fingerprint density at radius 1 is 1.41 bits per heavy atom. The summed E-state index contributed by atoms with van der Waals surface area (Å²) >= 11 is -2.26. The molecule has 0 aromatic carbocycles. The van der Waals surface area contributed by atoms with E-state index in [0.717, 1.165) is 14.1 Å². The molecule has 0 rings (SSSR count). The molecule has 0 aromatic heterocycles. The fraction of sp³-hybridized carbons (Fsp3) is 0.667. The Morgan fingerprint density at radius 2 is 1.94 bits per heavy atom. The largest absolute Gasteiger partial charge is 0.464 e. The summed E-state index contributed by atoms with van der Waals surface area (Å²) in [4.78, 5) is 30.8. The fourth-order valence-electron chi connectivity index (χ4n) is 0.613. The van der Waals surface area contributed by atoms with Crippen LogP contribution in [0, 0.1) is 10.1 Å². The van der Waals surface area contributed by atoms with Crippen LogP contribution in [0.3, 0.4) is 0 Å². The van der Waals surface area contributed by atoms with Gasteiger partial charge in [-0.3, -0.25) is 10.1 Å². The molecule has 1 atom stereocenters. The summed E-state index contributed by atoms with van der Waals surface area (Å²) in [6.45, 7) is -1.06. The first-order valence-electron chi connectivity index (χ1n) is 4.18. The van der Waals surface area contributed by atoms with E-state index in [4.69, 9.17) is 5.11 Å². The zero-order valence-electron chi connectivity index (χ0n) is 9.06. The van der Waals surface area contributed by atoms with Gasteiger partial charge in [-0.25, -0.2) is 22.4 Å². The first-order valence-corrected chi connectivity index (χ1v) is 5.24. The van der Waals surface area contributed by atoms with Crippen LogP contribution in [-0.2, 0) is 15.9 Å². The van der Waals surface area contributed by atoms with Gasteiger partial charge in [0.1, 0.15) is 0 Å². The number of carbonyl (C=O) groups is 2. The molecular formula is C6H11N3O7S. The molecule has 0 aliphatic carbocycles. The van der Waals surface area contributed by atoms with Crippen LogP contribution in [0.15, 0.2) is 0 Å². The number of ether oxygens (including phenoxy) is 1. The van der Waals surface area contributed by atoms with Gasteiger partial charge >= 0.3 is 12.2 Å². The Morgan fingerprint density at radius 3 is 2.35 bits per heavy atom. The van der Waals surface area contributed by atoms with Crippen LogP contribution in [0.1, 0.15) is 0 Å². The van der Waals surface area contributed by atoms with E-state index >= 15 is 0 Å². The van der Waals surface area contributed by atoms with Crippen molar-refractivity contribution in [1.29, 1.82) is 0 Å². The first-order chi connectivity index (χ1) is 7.77. The van der Waals surface area contributed by atoms with Crippen molar-refractivity contribution in [3.05, 3.63) is 10.1 Å². The highest BCUT2D eigenvalue weighted by Gasteiger charge is 2.24. The smallest absolute Gasteiger partial charge is 0.423 e. The lowest BCUT2D eigenvalue weighted by Crippen LogP contribution is -2.40. The van der Waals surface area contributed by atoms with Crippen molar-refractivity contribution in [2.24, 2.45) is 0 Å². The van der Waals surface area contributed by atoms with Crippen molar-refractivity contribution in [1.82, 2.24) is 8.61 Å². The maximum Gasteiger partial charge on any atom is 0.423 e. The highest BCUT2D eigenvalue weighted by atomic mass is 32.2. The van der Waals surface area contributed by atoms with Crippen molar-refractivity contribution in [2.75, 3.05) is 27.2 Å². The van der Waals surface area contributed by atoms with Crippen LogP contribution >= 0.6 is 0 Å². The Balaban J connectivity index is 4.25. The van der Waals surface area contributed by atoms with Gasteiger partial charge < -0.3 is 9.84 Å². The van der Waals surface area contributed by atoms with Crippen LogP contribution in [0.2, 0.25) is 0 Å². The van der Waals surface area contributed by atoms with Gasteiger partial charge in [0.05, 0.1) is 0 Å². The van der Waals surface area contributed by atoms with Crippen LogP contribution in [0.25, 0.3) is 0 Å². The molecule has 0 saturated carbocycles. The lowest BCUT2D eigenvalue weighted by molar-refractivity contribution is -0.482. The van der Waals surface area contributed by atoms with E-state index < -0.39 is 41.4 Å². The maximum atomic E-state index is 11.4. The number of nitro groups is 1. The van der Waals surface area contributed by atoms with E-state index in [-0.39, 0.29) is 0 Å². The first kappa shape index (κ1) is 15.1. The van der Waals surface area contributed by atoms with E-state index in [0.29, 0.717) is 8.61 Å². The van der Waals surface area contributed by atoms with Crippen LogP contribution in [0.5, 0.6) is 0 Å². The number of rotatable bonds is 5. The number of carboxylic acid groups (broad SMARTS) is 1. The van der Waals surface area contributed by atoms with E-state index in [1.165, 1.54) is 0 Å². The van der Waals surface area contributed by atoms with Crippen molar-refractivity contribution in [2.45, 2.75) is 0 Å². The standard InChI is InChI=1S/C6H11N3O7S/c1-7(5(10)11)17(15)8(2)6(12)16-4-3-9(13)14/h3-4H2,1-2H3,(H,10,11). The average molecular weight is 269 g/mol. The summed E-state index contributed by atoms with van der Waals surface area (Å²) in [5.74, 6) is 0. The summed E-state index contributed by atoms with van der Waals surface area (Å²) in [7, 11) is 2.04. The number of amides is 2. The monoisotopic (exact) mass is 269 g/mol. The van der Waals surface area contributed by atoms with Crippen molar-refractivity contribution in [3.63, 3.8) is 0 Å². The number of hydrogen-bond acceptors (Lipinski definition) is 6. The van der Waals surface area contributed by atoms with Gasteiger partial charge in [-0.05, 0) is 0 Å². The van der Waals surface area contributed by atoms with E-state index in [2.05, 4.69) is 4.74 Å². The van der Waals surface area contributed by atoms with Gasteiger partial charge in [-0.15, -0.1) is 0 Å². The molecule has 2 amide bonds. The fourth-order valence-corrected chi connectivity index (χ4v) is 1.29. The quantitative estimate of drug-likeness (QED) is 0.526. The average Bonchev–Trinajstić information content (AvgIpc) is 2.25. The molecule has 10 nitrogen and oxygen atoms in total. The Hall–Kier alpha value is -1.91. The zero-order chi connectivity index (χ0) is 13.6. The van der Waals surface area contributed by atoms with Crippen LogP contribution in [-0.4, -0.2) is 62.3 Å². The maximum absolute atomic E-state index is 11.4. The third-order valence-corrected chi connectivity index (χ3v) is 2.74. The van der Waals surface area contributed by atoms with Crippen molar-refractivity contribution in [3.8, 4) is 0 Å². The molecule has 0 radical (unpaired) electrons. The minimum atomic E-state index is -2.26. The molecule has 0 spiro atoms. The summed E-state index contributed by atoms with van der Waals surface area (Å²) in [5.41, 5.74) is 0. The summed E-state index contributed by atoms with van der Waals surface area (Å²) in [6, 6.07) is 0. The van der Waals surface area contributed by atoms with Crippen molar-refractivity contribution >= 4 is 23.4 Å². The molecule has 0 bridgehead atoms. The Bertz CT molecular complexity index is 347. The predicted molar refractivity (Wildman–Crippen MR) is 54.9 cm³/mol. The molecule has 1 unspecified atom stereocenters. The second-order valence-corrected chi connectivity index (χ2v) is 4.24. The van der Waals surface area contributed by atoms with E-state index in [9.17, 15) is 23.9 Å². The Labute approximate surface area is 98.6 Å². The molecule has 17 heavy (non-hydrogen) atoms. The normalized spacial score (nSPS) is 11.4. The van der Waals surface area contributed by atoms with E-state index in [1.54, 1.807) is 0 Å². The SMILES string of the molecule is CN(C(=O)O)S(=O)N(C)C(=O)OCC[N+](=O)[O-]. The number of carbonyl (C=O) groups excluding carboxylic acids is 1. The summed E-state index contributed by atoms with van der Waals surface area (Å²) in [6.07, 6.45) is -2.61. The zero-order valence-corrected chi connectivity index (χ0v) is 9.88. The summed E-state index contributed by atoms with van der Waals surface area (Å²) < 4.78 is 16.7. The molecule has 0 fully saturated rings. The Kier molecular flexibility index (Phi) is 5.88. The molecule has 0 aliphatic heterocycles. The summed E-state index contributed by atoms with van der Waals surface area (Å²) in [5, 5.41) is 18.4. The minimum absolute atomic E-state index is 0.384. The highest BCUT2D eigenvalue weighted by molar-refractivity contribution is 7.81. The van der Waals surface area contributed by atoms with Crippen LogP contribution < -0.4 is 0 Å². The van der Waals surface area contributed by atoms with Gasteiger partial charge in [0.2, 0.25) is 17.7 Å². The topological polar surface area (TPSA) is 130 Å². The molecule has 0 aromatic rings. The lowest BCUT2D eigenvalue weighted by Gasteiger charge is -2.19. The molecule has 98 valence electrons.